The molecule has 2 N–H and O–H groups in total. The fourth-order valence-corrected chi connectivity index (χ4v) is 6.26. The fourth-order valence-electron chi connectivity index (χ4n) is 6.12. The number of rotatable bonds is 4. The van der Waals surface area contributed by atoms with Gasteiger partial charge in [-0.3, -0.25) is 4.79 Å². The standard InChI is InChI=1S/C26H26ClF2N7O3/c1-34-10-14-8-15(11-34)36(14)25-30-9-17(27)22(33-25)31-13-5-6-18-16(7-13)20-19(23(37)35(18)2)24(38)39-26(28,29)21(32-20)12-3-4-12/h5-7,9,12,14-15,21,32H,3-4,8,10-11H2,1-2H3,(H,30,31,33)/t14?,15?,21-/m0/s1. The number of anilines is 4. The van der Waals surface area contributed by atoms with Gasteiger partial charge in [0.2, 0.25) is 5.95 Å². The van der Waals surface area contributed by atoms with Crippen LogP contribution in [-0.4, -0.2) is 69.8 Å². The van der Waals surface area contributed by atoms with Crippen molar-refractivity contribution < 1.29 is 18.3 Å². The molecule has 8 rings (SSSR count). The van der Waals surface area contributed by atoms with Gasteiger partial charge in [0.1, 0.15) is 16.6 Å². The normalized spacial score (nSPS) is 25.8. The Morgan fingerprint density at radius 3 is 2.64 bits per heavy atom. The lowest BCUT2D eigenvalue weighted by Gasteiger charge is -2.55. The Kier molecular flexibility index (Phi) is 5.34. The number of hydrogen-bond donors (Lipinski definition) is 2. The topological polar surface area (TPSA) is 105 Å². The number of carbonyl (C=O) groups excluding carboxylic acids is 1. The van der Waals surface area contributed by atoms with Gasteiger partial charge in [-0.15, -0.1) is 0 Å². The molecule has 1 aliphatic carbocycles. The average Bonchev–Trinajstić information content (AvgIpc) is 3.72. The lowest BCUT2D eigenvalue weighted by molar-refractivity contribution is -0.212. The first-order chi connectivity index (χ1) is 18.6. The van der Waals surface area contributed by atoms with Gasteiger partial charge in [0.15, 0.2) is 5.82 Å². The first-order valence-corrected chi connectivity index (χ1v) is 13.3. The minimum absolute atomic E-state index is 0.0443. The molecule has 2 aromatic heterocycles. The van der Waals surface area contributed by atoms with Crippen LogP contribution in [0.25, 0.3) is 10.9 Å². The first-order valence-electron chi connectivity index (χ1n) is 12.9. The second kappa shape index (κ2) is 8.49. The Morgan fingerprint density at radius 2 is 1.92 bits per heavy atom. The van der Waals surface area contributed by atoms with Gasteiger partial charge in [-0.2, -0.15) is 13.8 Å². The van der Waals surface area contributed by atoms with Gasteiger partial charge in [-0.1, -0.05) is 11.6 Å². The molecule has 1 aromatic carbocycles. The number of benzene rings is 1. The van der Waals surface area contributed by atoms with Crippen LogP contribution in [0.15, 0.2) is 29.2 Å². The van der Waals surface area contributed by atoms with Crippen molar-refractivity contribution in [3.8, 4) is 0 Å². The van der Waals surface area contributed by atoms with E-state index in [0.29, 0.717) is 58.3 Å². The molecular formula is C26H26ClF2N7O3. The van der Waals surface area contributed by atoms with Crippen LogP contribution in [0, 0.1) is 5.92 Å². The number of carbonyl (C=O) groups is 1. The minimum atomic E-state index is -3.75. The Labute approximate surface area is 226 Å². The van der Waals surface area contributed by atoms with Crippen LogP contribution < -0.4 is 21.1 Å². The van der Waals surface area contributed by atoms with Crippen molar-refractivity contribution in [1.29, 1.82) is 0 Å². The van der Waals surface area contributed by atoms with Gasteiger partial charge >= 0.3 is 12.1 Å². The van der Waals surface area contributed by atoms with Crippen LogP contribution in [0.5, 0.6) is 0 Å². The molecule has 6 heterocycles. The summed E-state index contributed by atoms with van der Waals surface area (Å²) in [5, 5.41) is 6.77. The molecule has 0 amide bonds. The number of nitrogens with zero attached hydrogens (tertiary/aromatic N) is 5. The predicted octanol–water partition coefficient (Wildman–Crippen LogP) is 3.57. The summed E-state index contributed by atoms with van der Waals surface area (Å²) >= 11 is 6.45. The molecule has 4 aliphatic heterocycles. The molecule has 13 heteroatoms. The number of piperazine rings is 1. The SMILES string of the molecule is CN1CC2CC(C1)N2c1ncc(Cl)c(Nc2ccc3c(c2)c2c(c(=O)n3C)C(=O)OC(F)(F)[C@H](C3CC3)N2)n1. The van der Waals surface area contributed by atoms with Gasteiger partial charge in [-0.05, 0) is 50.4 Å². The summed E-state index contributed by atoms with van der Waals surface area (Å²) < 4.78 is 35.5. The zero-order chi connectivity index (χ0) is 27.2. The maximum absolute atomic E-state index is 14.9. The molecular weight excluding hydrogens is 532 g/mol. The van der Waals surface area contributed by atoms with Gasteiger partial charge in [0.25, 0.3) is 5.56 Å². The highest BCUT2D eigenvalue weighted by molar-refractivity contribution is 6.33. The van der Waals surface area contributed by atoms with E-state index < -0.39 is 29.2 Å². The summed E-state index contributed by atoms with van der Waals surface area (Å²) in [4.78, 5) is 39.5. The van der Waals surface area contributed by atoms with Gasteiger partial charge < -0.3 is 29.7 Å². The quantitative estimate of drug-likeness (QED) is 0.466. The van der Waals surface area contributed by atoms with Crippen LogP contribution in [0.4, 0.5) is 31.9 Å². The summed E-state index contributed by atoms with van der Waals surface area (Å²) in [6.07, 6.45) is 0.0719. The number of aromatic nitrogens is 3. The number of fused-ring (bicyclic) bond motifs is 5. The molecule has 3 saturated heterocycles. The van der Waals surface area contributed by atoms with E-state index in [1.807, 2.05) is 0 Å². The highest BCUT2D eigenvalue weighted by atomic mass is 35.5. The number of hydrogen-bond acceptors (Lipinski definition) is 9. The number of alkyl halides is 2. The number of esters is 1. The molecule has 1 saturated carbocycles. The summed E-state index contributed by atoms with van der Waals surface area (Å²) in [7, 11) is 3.59. The fraction of sp³-hybridized carbons (Fsp3) is 0.462. The Bertz CT molecular complexity index is 1580. The molecule has 2 unspecified atom stereocenters. The van der Waals surface area contributed by atoms with Crippen molar-refractivity contribution in [2.75, 3.05) is 35.7 Å². The zero-order valence-corrected chi connectivity index (χ0v) is 22.0. The molecule has 0 spiro atoms. The highest BCUT2D eigenvalue weighted by Gasteiger charge is 2.54. The van der Waals surface area contributed by atoms with E-state index in [4.69, 9.17) is 16.6 Å². The van der Waals surface area contributed by atoms with E-state index in [-0.39, 0.29) is 11.6 Å². The Hall–Kier alpha value is -3.51. The monoisotopic (exact) mass is 557 g/mol. The van der Waals surface area contributed by atoms with Crippen molar-refractivity contribution in [3.05, 3.63) is 45.3 Å². The van der Waals surface area contributed by atoms with Crippen LogP contribution in [-0.2, 0) is 11.8 Å². The lowest BCUT2D eigenvalue weighted by atomic mass is 9.88. The summed E-state index contributed by atoms with van der Waals surface area (Å²) in [6, 6.07) is 4.39. The second-order valence-electron chi connectivity index (χ2n) is 10.9. The average molecular weight is 558 g/mol. The number of halogens is 3. The zero-order valence-electron chi connectivity index (χ0n) is 21.2. The largest absolute Gasteiger partial charge is 0.421 e. The van der Waals surface area contributed by atoms with E-state index in [0.717, 1.165) is 19.5 Å². The highest BCUT2D eigenvalue weighted by Crippen LogP contribution is 2.45. The van der Waals surface area contributed by atoms with Crippen molar-refractivity contribution in [1.82, 2.24) is 19.4 Å². The van der Waals surface area contributed by atoms with Crippen molar-refractivity contribution >= 4 is 51.6 Å². The third-order valence-electron chi connectivity index (χ3n) is 8.18. The Balaban J connectivity index is 1.28. The van der Waals surface area contributed by atoms with Crippen molar-refractivity contribution in [2.45, 2.75) is 43.5 Å². The molecule has 5 aliphatic rings. The predicted molar refractivity (Wildman–Crippen MR) is 142 cm³/mol. The van der Waals surface area contributed by atoms with Crippen molar-refractivity contribution in [2.24, 2.45) is 13.0 Å². The smallest absolute Gasteiger partial charge is 0.395 e. The van der Waals surface area contributed by atoms with E-state index in [1.54, 1.807) is 24.4 Å². The molecule has 39 heavy (non-hydrogen) atoms. The van der Waals surface area contributed by atoms with Crippen molar-refractivity contribution in [3.63, 3.8) is 0 Å². The molecule has 4 fully saturated rings. The van der Waals surface area contributed by atoms with E-state index in [1.165, 1.54) is 11.6 Å². The van der Waals surface area contributed by atoms with E-state index >= 15 is 0 Å². The third-order valence-corrected chi connectivity index (χ3v) is 8.46. The molecule has 2 bridgehead atoms. The molecule has 3 atom stereocenters. The van der Waals surface area contributed by atoms with E-state index in [2.05, 4.69) is 37.2 Å². The van der Waals surface area contributed by atoms with Gasteiger partial charge in [0, 0.05) is 43.3 Å². The number of likely N-dealkylation sites (N-methyl/N-ethyl adjacent to an activating group) is 1. The molecule has 204 valence electrons. The summed E-state index contributed by atoms with van der Waals surface area (Å²) in [5.74, 6) is -0.726. The number of nitrogens with one attached hydrogen (secondary N) is 2. The van der Waals surface area contributed by atoms with Crippen LogP contribution in [0.3, 0.4) is 0 Å². The van der Waals surface area contributed by atoms with Gasteiger partial charge in [-0.25, -0.2) is 9.78 Å². The molecule has 0 radical (unpaired) electrons. The number of cyclic esters (lactones) is 1. The number of aryl methyl sites for hydroxylation is 1. The lowest BCUT2D eigenvalue weighted by Crippen LogP contribution is -2.68. The maximum atomic E-state index is 14.9. The number of piperidine rings is 1. The second-order valence-corrected chi connectivity index (χ2v) is 11.3. The Morgan fingerprint density at radius 1 is 1.18 bits per heavy atom. The third kappa shape index (κ3) is 3.91. The number of ether oxygens (including phenoxy) is 1. The van der Waals surface area contributed by atoms with E-state index in [9.17, 15) is 18.4 Å². The maximum Gasteiger partial charge on any atom is 0.421 e. The molecule has 10 nitrogen and oxygen atoms in total. The van der Waals surface area contributed by atoms with Crippen LogP contribution in [0.1, 0.15) is 29.6 Å². The molecule has 3 aromatic rings. The van der Waals surface area contributed by atoms with Gasteiger partial charge in [0.05, 0.1) is 17.4 Å². The number of pyridine rings is 1. The summed E-state index contributed by atoms with van der Waals surface area (Å²) in [5.41, 5.74) is -0.0921. The van der Waals surface area contributed by atoms with Crippen LogP contribution >= 0.6 is 11.6 Å². The first kappa shape index (κ1) is 24.5. The minimum Gasteiger partial charge on any atom is -0.395 e. The van der Waals surface area contributed by atoms with Crippen LogP contribution in [0.2, 0.25) is 5.02 Å². The summed E-state index contributed by atoms with van der Waals surface area (Å²) in [6.45, 7) is 1.88.